The summed E-state index contributed by atoms with van der Waals surface area (Å²) in [4.78, 5) is 0. The summed E-state index contributed by atoms with van der Waals surface area (Å²) in [6.45, 7) is 4.14. The minimum atomic E-state index is -3.98. The van der Waals surface area contributed by atoms with Gasteiger partial charge in [-0.15, -0.1) is 0 Å². The number of unbranched alkanes of at least 4 members (excludes halogenated alkanes) is 9. The van der Waals surface area contributed by atoms with Crippen LogP contribution in [-0.4, -0.2) is 29.4 Å². The first-order valence-electron chi connectivity index (χ1n) is 10.1. The van der Waals surface area contributed by atoms with Crippen molar-refractivity contribution in [3.8, 4) is 0 Å². The molecule has 0 aliphatic rings. The first-order valence-corrected chi connectivity index (χ1v) is 11.6. The van der Waals surface area contributed by atoms with E-state index in [9.17, 15) is 18.1 Å². The largest absolute Gasteiger partial charge is 0.393 e. The van der Waals surface area contributed by atoms with Crippen LogP contribution in [0.4, 0.5) is 0 Å². The Balaban J connectivity index is 3.57. The van der Waals surface area contributed by atoms with Crippen molar-refractivity contribution in [3.63, 3.8) is 0 Å². The number of aliphatic hydroxyl groups excluding tert-OH is 1. The van der Waals surface area contributed by atoms with Gasteiger partial charge in [-0.1, -0.05) is 84.5 Å². The van der Waals surface area contributed by atoms with Gasteiger partial charge in [0.25, 0.3) is 10.1 Å². The van der Waals surface area contributed by atoms with Crippen molar-refractivity contribution < 1.29 is 18.1 Å². The van der Waals surface area contributed by atoms with E-state index < -0.39 is 21.5 Å². The van der Waals surface area contributed by atoms with Gasteiger partial charge in [0, 0.05) is 0 Å². The predicted octanol–water partition coefficient (Wildman–Crippen LogP) is 5.50. The lowest BCUT2D eigenvalue weighted by Gasteiger charge is -2.15. The summed E-state index contributed by atoms with van der Waals surface area (Å²) >= 11 is 0. The predicted molar refractivity (Wildman–Crippen MR) is 102 cm³/mol. The van der Waals surface area contributed by atoms with E-state index in [0.717, 1.165) is 25.7 Å². The van der Waals surface area contributed by atoms with Gasteiger partial charge in [0.2, 0.25) is 0 Å². The Morgan fingerprint density at radius 1 is 0.667 bits per heavy atom. The molecule has 2 unspecified atom stereocenters. The zero-order chi connectivity index (χ0) is 18.3. The molecule has 0 saturated heterocycles. The van der Waals surface area contributed by atoms with Crippen molar-refractivity contribution in [3.05, 3.63) is 0 Å². The van der Waals surface area contributed by atoms with Crippen molar-refractivity contribution in [1.29, 1.82) is 0 Å². The average molecular weight is 365 g/mol. The first kappa shape index (κ1) is 23.9. The van der Waals surface area contributed by atoms with Gasteiger partial charge in [-0.3, -0.25) is 4.55 Å². The Morgan fingerprint density at radius 3 is 1.62 bits per heavy atom. The summed E-state index contributed by atoms with van der Waals surface area (Å²) in [6.07, 6.45) is 15.0. The molecule has 0 heterocycles. The molecule has 0 aromatic carbocycles. The Bertz CT molecular complexity index is 368. The molecule has 0 saturated carbocycles. The second kappa shape index (κ2) is 15.2. The van der Waals surface area contributed by atoms with Crippen LogP contribution in [0.2, 0.25) is 0 Å². The third-order valence-corrected chi connectivity index (χ3v) is 6.06. The fourth-order valence-electron chi connectivity index (χ4n) is 3.15. The molecule has 4 nitrogen and oxygen atoms in total. The van der Waals surface area contributed by atoms with Crippen LogP contribution in [0.5, 0.6) is 0 Å². The van der Waals surface area contributed by atoms with Gasteiger partial charge in [-0.2, -0.15) is 8.42 Å². The first-order chi connectivity index (χ1) is 11.4. The summed E-state index contributed by atoms with van der Waals surface area (Å²) in [5, 5.41) is 9.26. The summed E-state index contributed by atoms with van der Waals surface area (Å²) < 4.78 is 31.7. The lowest BCUT2D eigenvalue weighted by Crippen LogP contribution is -2.22. The average Bonchev–Trinajstić information content (AvgIpc) is 2.52. The molecule has 0 fully saturated rings. The smallest absolute Gasteiger partial charge is 0.267 e. The van der Waals surface area contributed by atoms with E-state index in [2.05, 4.69) is 6.92 Å². The van der Waals surface area contributed by atoms with Gasteiger partial charge in [-0.05, 0) is 25.7 Å². The van der Waals surface area contributed by atoms with Crippen LogP contribution in [0, 0.1) is 0 Å². The van der Waals surface area contributed by atoms with Crippen LogP contribution >= 0.6 is 0 Å². The number of aliphatic hydroxyl groups is 1. The second-order valence-corrected chi connectivity index (χ2v) is 8.82. The molecule has 0 aromatic rings. The van der Waals surface area contributed by atoms with Crippen LogP contribution in [-0.2, 0) is 10.1 Å². The van der Waals surface area contributed by atoms with Crippen molar-refractivity contribution >= 4 is 10.1 Å². The highest BCUT2D eigenvalue weighted by Gasteiger charge is 2.22. The maximum atomic E-state index is 11.3. The molecule has 5 heteroatoms. The van der Waals surface area contributed by atoms with Crippen LogP contribution in [0.25, 0.3) is 0 Å². The molecule has 0 spiro atoms. The van der Waals surface area contributed by atoms with Gasteiger partial charge in [0.05, 0.1) is 11.4 Å². The van der Waals surface area contributed by atoms with Crippen LogP contribution in [0.15, 0.2) is 0 Å². The van der Waals surface area contributed by atoms with Gasteiger partial charge >= 0.3 is 0 Å². The zero-order valence-electron chi connectivity index (χ0n) is 15.9. The molecule has 0 bridgehead atoms. The maximum absolute atomic E-state index is 11.3. The SMILES string of the molecule is CCCCCCCCCCCCC(O)CCC(CCC)S(=O)(=O)O. The van der Waals surface area contributed by atoms with Crippen LogP contribution in [0.1, 0.15) is 110 Å². The van der Waals surface area contributed by atoms with Crippen molar-refractivity contribution in [2.45, 2.75) is 122 Å². The Kier molecular flexibility index (Phi) is 15.1. The standard InChI is InChI=1S/C19H40O4S/c1-3-5-6-7-8-9-10-11-12-13-15-18(20)16-17-19(14-4-2)24(21,22)23/h18-20H,3-17H2,1-2H3,(H,21,22,23). The van der Waals surface area contributed by atoms with Crippen LogP contribution in [0.3, 0.4) is 0 Å². The molecule has 146 valence electrons. The number of rotatable bonds is 17. The zero-order valence-corrected chi connectivity index (χ0v) is 16.7. The third kappa shape index (κ3) is 14.2. The Labute approximate surface area is 150 Å². The molecular formula is C19H40O4S. The molecule has 0 aliphatic heterocycles. The fourth-order valence-corrected chi connectivity index (χ4v) is 4.12. The van der Waals surface area contributed by atoms with Gasteiger partial charge in [0.15, 0.2) is 0 Å². The lowest BCUT2D eigenvalue weighted by atomic mass is 10.0. The maximum Gasteiger partial charge on any atom is 0.267 e. The highest BCUT2D eigenvalue weighted by molar-refractivity contribution is 7.86. The summed E-state index contributed by atoms with van der Waals surface area (Å²) in [5.41, 5.74) is 0. The fraction of sp³-hybridized carbons (Fsp3) is 1.00. The normalized spacial score (nSPS) is 14.7. The van der Waals surface area contributed by atoms with Crippen molar-refractivity contribution in [2.24, 2.45) is 0 Å². The number of hydrogen-bond acceptors (Lipinski definition) is 3. The molecule has 0 amide bonds. The molecule has 0 aromatic heterocycles. The molecule has 0 radical (unpaired) electrons. The summed E-state index contributed by atoms with van der Waals surface area (Å²) in [5.74, 6) is 0. The van der Waals surface area contributed by atoms with Crippen molar-refractivity contribution in [2.75, 3.05) is 0 Å². The number of hydrogen-bond donors (Lipinski definition) is 2. The molecule has 0 aliphatic carbocycles. The lowest BCUT2D eigenvalue weighted by molar-refractivity contribution is 0.147. The molecule has 2 N–H and O–H groups in total. The van der Waals surface area contributed by atoms with Gasteiger partial charge in [-0.25, -0.2) is 0 Å². The monoisotopic (exact) mass is 364 g/mol. The highest BCUT2D eigenvalue weighted by Crippen LogP contribution is 2.18. The molecule has 0 rings (SSSR count). The minimum absolute atomic E-state index is 0.353. The van der Waals surface area contributed by atoms with E-state index in [0.29, 0.717) is 19.3 Å². The van der Waals surface area contributed by atoms with E-state index >= 15 is 0 Å². The van der Waals surface area contributed by atoms with E-state index in [1.807, 2.05) is 6.92 Å². The van der Waals surface area contributed by atoms with Crippen LogP contribution < -0.4 is 0 Å². The van der Waals surface area contributed by atoms with E-state index in [1.54, 1.807) is 0 Å². The Morgan fingerprint density at radius 2 is 1.17 bits per heavy atom. The van der Waals surface area contributed by atoms with Gasteiger partial charge in [0.1, 0.15) is 0 Å². The highest BCUT2D eigenvalue weighted by atomic mass is 32.2. The molecule has 24 heavy (non-hydrogen) atoms. The Hall–Kier alpha value is -0.130. The third-order valence-electron chi connectivity index (χ3n) is 4.74. The van der Waals surface area contributed by atoms with E-state index in [1.165, 1.54) is 51.4 Å². The molecular weight excluding hydrogens is 324 g/mol. The van der Waals surface area contributed by atoms with Gasteiger partial charge < -0.3 is 5.11 Å². The topological polar surface area (TPSA) is 74.6 Å². The minimum Gasteiger partial charge on any atom is -0.393 e. The van der Waals surface area contributed by atoms with E-state index in [4.69, 9.17) is 0 Å². The van der Waals surface area contributed by atoms with Crippen molar-refractivity contribution in [1.82, 2.24) is 0 Å². The van der Waals surface area contributed by atoms with E-state index in [-0.39, 0.29) is 0 Å². The second-order valence-electron chi connectivity index (χ2n) is 7.13. The quantitative estimate of drug-likeness (QED) is 0.264. The summed E-state index contributed by atoms with van der Waals surface area (Å²) in [6, 6.07) is 0. The summed E-state index contributed by atoms with van der Waals surface area (Å²) in [7, 11) is -3.98. The molecule has 2 atom stereocenters.